The molecule has 0 spiro atoms. The van der Waals surface area contributed by atoms with Crippen molar-refractivity contribution in [1.29, 1.82) is 0 Å². The first kappa shape index (κ1) is 21.7. The summed E-state index contributed by atoms with van der Waals surface area (Å²) < 4.78 is 10.8. The number of thioether (sulfide) groups is 1. The molecule has 1 amide bonds. The van der Waals surface area contributed by atoms with Gasteiger partial charge in [0.2, 0.25) is 12.7 Å². The molecule has 3 aromatic rings. The summed E-state index contributed by atoms with van der Waals surface area (Å²) in [5.74, 6) is 2.59. The van der Waals surface area contributed by atoms with Gasteiger partial charge in [0.15, 0.2) is 16.7 Å². The van der Waals surface area contributed by atoms with Crippen LogP contribution in [0.5, 0.6) is 11.5 Å². The third-order valence-electron chi connectivity index (χ3n) is 6.03. The van der Waals surface area contributed by atoms with E-state index in [0.717, 1.165) is 58.4 Å². The second-order valence-corrected chi connectivity index (χ2v) is 9.36. The number of likely N-dealkylation sites (tertiary alicyclic amines) is 1. The number of carbonyl (C=O) groups excluding carboxylic acids is 1. The predicted octanol–water partition coefficient (Wildman–Crippen LogP) is 4.15. The third-order valence-corrected chi connectivity index (χ3v) is 6.97. The molecule has 33 heavy (non-hydrogen) atoms. The highest BCUT2D eigenvalue weighted by atomic mass is 32.2. The molecule has 2 aliphatic rings. The number of carbonyl (C=O) groups is 1. The van der Waals surface area contributed by atoms with Crippen LogP contribution in [-0.4, -0.2) is 45.6 Å². The Hall–Kier alpha value is -3.13. The van der Waals surface area contributed by atoms with Crippen molar-refractivity contribution in [1.82, 2.24) is 19.9 Å². The Morgan fingerprint density at radius 2 is 2.09 bits per heavy atom. The molecule has 5 rings (SSSR count). The van der Waals surface area contributed by atoms with Gasteiger partial charge in [-0.2, -0.15) is 0 Å². The smallest absolute Gasteiger partial charge is 0.231 e. The monoisotopic (exact) mass is 462 g/mol. The van der Waals surface area contributed by atoms with Gasteiger partial charge in [0.05, 0.1) is 12.1 Å². The van der Waals surface area contributed by atoms with Crippen molar-refractivity contribution in [2.24, 2.45) is 0 Å². The fraction of sp³-hybridized carbons (Fsp3) is 0.360. The summed E-state index contributed by atoms with van der Waals surface area (Å²) in [6.45, 7) is 3.76. The summed E-state index contributed by atoms with van der Waals surface area (Å²) in [5, 5.41) is 0.767. The van der Waals surface area contributed by atoms with Crippen LogP contribution < -0.4 is 9.47 Å². The van der Waals surface area contributed by atoms with Gasteiger partial charge in [-0.25, -0.2) is 9.97 Å². The van der Waals surface area contributed by atoms with E-state index in [1.165, 1.54) is 0 Å². The van der Waals surface area contributed by atoms with Gasteiger partial charge in [-0.3, -0.25) is 9.78 Å². The van der Waals surface area contributed by atoms with Crippen LogP contribution in [0.2, 0.25) is 0 Å². The number of rotatable bonds is 6. The Kier molecular flexibility index (Phi) is 6.44. The first-order chi connectivity index (χ1) is 16.2. The number of nitrogens with zero attached hydrogens (tertiary/aromatic N) is 4. The minimum Gasteiger partial charge on any atom is -0.454 e. The normalized spacial score (nSPS) is 17.2. The van der Waals surface area contributed by atoms with Crippen molar-refractivity contribution < 1.29 is 14.3 Å². The fourth-order valence-corrected chi connectivity index (χ4v) is 5.07. The molecule has 1 atom stereocenters. The second kappa shape index (κ2) is 9.79. The molecule has 0 saturated carbocycles. The van der Waals surface area contributed by atoms with Crippen LogP contribution in [0.1, 0.15) is 41.1 Å². The lowest BCUT2D eigenvalue weighted by Crippen LogP contribution is -2.40. The van der Waals surface area contributed by atoms with Crippen molar-refractivity contribution in [3.63, 3.8) is 0 Å². The van der Waals surface area contributed by atoms with Gasteiger partial charge >= 0.3 is 0 Å². The number of fused-ring (bicyclic) bond motifs is 1. The van der Waals surface area contributed by atoms with Crippen LogP contribution in [0.3, 0.4) is 0 Å². The maximum Gasteiger partial charge on any atom is 0.231 e. The lowest BCUT2D eigenvalue weighted by molar-refractivity contribution is -0.131. The fourth-order valence-electron chi connectivity index (χ4n) is 4.32. The van der Waals surface area contributed by atoms with Gasteiger partial charge in [-0.15, -0.1) is 0 Å². The van der Waals surface area contributed by atoms with Gasteiger partial charge in [-0.05, 0) is 54.7 Å². The number of hydrogen-bond donors (Lipinski definition) is 0. The predicted molar refractivity (Wildman–Crippen MR) is 125 cm³/mol. The number of aryl methyl sites for hydroxylation is 1. The van der Waals surface area contributed by atoms with Gasteiger partial charge in [0.1, 0.15) is 0 Å². The lowest BCUT2D eigenvalue weighted by Gasteiger charge is -2.33. The Bertz CT molecular complexity index is 1140. The van der Waals surface area contributed by atoms with Crippen LogP contribution in [0.15, 0.2) is 54.1 Å². The average Bonchev–Trinajstić information content (AvgIpc) is 3.32. The number of piperidine rings is 1. The van der Waals surface area contributed by atoms with Crippen molar-refractivity contribution >= 4 is 17.7 Å². The van der Waals surface area contributed by atoms with Crippen molar-refractivity contribution in [2.45, 2.75) is 43.0 Å². The largest absolute Gasteiger partial charge is 0.454 e. The molecule has 1 fully saturated rings. The van der Waals surface area contributed by atoms with Gasteiger partial charge < -0.3 is 14.4 Å². The maximum absolute atomic E-state index is 13.1. The van der Waals surface area contributed by atoms with E-state index in [1.54, 1.807) is 18.0 Å². The highest BCUT2D eigenvalue weighted by Gasteiger charge is 2.27. The second-order valence-electron chi connectivity index (χ2n) is 8.41. The summed E-state index contributed by atoms with van der Waals surface area (Å²) >= 11 is 1.61. The minimum atomic E-state index is 0.136. The van der Waals surface area contributed by atoms with Gasteiger partial charge in [-0.1, -0.05) is 23.9 Å². The van der Waals surface area contributed by atoms with E-state index in [0.29, 0.717) is 18.7 Å². The quantitative estimate of drug-likeness (QED) is 0.402. The summed E-state index contributed by atoms with van der Waals surface area (Å²) in [4.78, 5) is 28.6. The number of aromatic nitrogens is 3. The Balaban J connectivity index is 1.24. The van der Waals surface area contributed by atoms with Crippen LogP contribution in [0.4, 0.5) is 0 Å². The number of hydrogen-bond acceptors (Lipinski definition) is 7. The van der Waals surface area contributed by atoms with Crippen LogP contribution in [-0.2, 0) is 17.0 Å². The summed E-state index contributed by atoms with van der Waals surface area (Å²) in [5.41, 5.74) is 4.22. The van der Waals surface area contributed by atoms with E-state index < -0.39 is 0 Å². The zero-order valence-corrected chi connectivity index (χ0v) is 19.4. The highest BCUT2D eigenvalue weighted by molar-refractivity contribution is 7.98. The standard InChI is InChI=1S/C25H26N4O3S/c1-17-12-27-25(33-15-19-4-2-8-26-13-19)28-24(17)20-5-3-9-29(14-20)23(30)11-18-6-7-21-22(10-18)32-16-31-21/h2,4,6-8,10,12-13,20H,3,5,9,11,14-16H2,1H3/t20-/m0/s1. The van der Waals surface area contributed by atoms with E-state index >= 15 is 0 Å². The molecule has 2 aliphatic heterocycles. The molecule has 0 aliphatic carbocycles. The van der Waals surface area contributed by atoms with E-state index in [1.807, 2.05) is 41.6 Å². The van der Waals surface area contributed by atoms with Crippen LogP contribution in [0, 0.1) is 6.92 Å². The molecule has 1 aromatic carbocycles. The van der Waals surface area contributed by atoms with Crippen molar-refractivity contribution in [3.8, 4) is 11.5 Å². The molecule has 4 heterocycles. The van der Waals surface area contributed by atoms with Crippen molar-refractivity contribution in [2.75, 3.05) is 19.9 Å². The number of ether oxygens (including phenoxy) is 2. The molecule has 0 unspecified atom stereocenters. The molecule has 170 valence electrons. The maximum atomic E-state index is 13.1. The minimum absolute atomic E-state index is 0.136. The van der Waals surface area contributed by atoms with Gasteiger partial charge in [0, 0.05) is 43.4 Å². The number of benzene rings is 1. The molecule has 7 nitrogen and oxygen atoms in total. The molecule has 8 heteroatoms. The van der Waals surface area contributed by atoms with Crippen molar-refractivity contribution in [3.05, 3.63) is 71.3 Å². The molecule has 2 aromatic heterocycles. The zero-order valence-electron chi connectivity index (χ0n) is 18.6. The first-order valence-corrected chi connectivity index (χ1v) is 12.2. The summed E-state index contributed by atoms with van der Waals surface area (Å²) in [6, 6.07) is 9.71. The zero-order chi connectivity index (χ0) is 22.6. The molecule has 1 saturated heterocycles. The topological polar surface area (TPSA) is 77.4 Å². The number of amides is 1. The van der Waals surface area contributed by atoms with Gasteiger partial charge in [0.25, 0.3) is 0 Å². The van der Waals surface area contributed by atoms with E-state index in [-0.39, 0.29) is 18.6 Å². The summed E-state index contributed by atoms with van der Waals surface area (Å²) in [7, 11) is 0. The SMILES string of the molecule is Cc1cnc(SCc2cccnc2)nc1[C@H]1CCCN(C(=O)Cc2ccc3c(c2)OCO3)C1. The Labute approximate surface area is 197 Å². The van der Waals surface area contributed by atoms with E-state index in [4.69, 9.17) is 14.5 Å². The molecular weight excluding hydrogens is 436 g/mol. The lowest BCUT2D eigenvalue weighted by atomic mass is 9.92. The van der Waals surface area contributed by atoms with Crippen LogP contribution >= 0.6 is 11.8 Å². The third kappa shape index (κ3) is 5.11. The molecular formula is C25H26N4O3S. The highest BCUT2D eigenvalue weighted by Crippen LogP contribution is 2.33. The van der Waals surface area contributed by atoms with E-state index in [9.17, 15) is 4.79 Å². The molecule has 0 bridgehead atoms. The Morgan fingerprint density at radius 1 is 1.18 bits per heavy atom. The Morgan fingerprint density at radius 3 is 2.97 bits per heavy atom. The first-order valence-electron chi connectivity index (χ1n) is 11.2. The summed E-state index contributed by atoms with van der Waals surface area (Å²) in [6.07, 6.45) is 7.90. The average molecular weight is 463 g/mol. The van der Waals surface area contributed by atoms with Crippen LogP contribution in [0.25, 0.3) is 0 Å². The number of pyridine rings is 1. The molecule has 0 N–H and O–H groups in total. The molecule has 0 radical (unpaired) electrons. The van der Waals surface area contributed by atoms with E-state index in [2.05, 4.69) is 23.0 Å².